The molecule has 0 amide bonds. The first-order valence-corrected chi connectivity index (χ1v) is 4.97. The van der Waals surface area contributed by atoms with Gasteiger partial charge in [0.25, 0.3) is 0 Å². The van der Waals surface area contributed by atoms with E-state index in [1.807, 2.05) is 13.1 Å². The first kappa shape index (κ1) is 8.49. The van der Waals surface area contributed by atoms with Crippen molar-refractivity contribution < 1.29 is 0 Å². The molecule has 13 heavy (non-hydrogen) atoms. The molecule has 0 N–H and O–H groups in total. The maximum absolute atomic E-state index is 4.50. The molecular weight excluding hydrogens is 158 g/mol. The van der Waals surface area contributed by atoms with Crippen molar-refractivity contribution in [1.82, 2.24) is 0 Å². The van der Waals surface area contributed by atoms with Gasteiger partial charge in [-0.15, -0.1) is 0 Å². The van der Waals surface area contributed by atoms with Crippen molar-refractivity contribution in [3.63, 3.8) is 0 Å². The number of aryl methyl sites for hydroxylation is 1. The molecule has 1 aliphatic rings. The van der Waals surface area contributed by atoms with Crippen LogP contribution in [0.1, 0.15) is 36.9 Å². The standard InChI is InChI=1S/C12H15N/c1-2-13-12-9-5-7-10-6-3-4-8-11(10)12/h2-4,6,8,12H,5,7,9H2,1H3. The van der Waals surface area contributed by atoms with E-state index in [0.717, 1.165) is 0 Å². The second kappa shape index (κ2) is 3.73. The molecule has 0 radical (unpaired) electrons. The van der Waals surface area contributed by atoms with Gasteiger partial charge in [-0.25, -0.2) is 0 Å². The van der Waals surface area contributed by atoms with Gasteiger partial charge < -0.3 is 0 Å². The number of benzene rings is 1. The van der Waals surface area contributed by atoms with Gasteiger partial charge in [0.1, 0.15) is 0 Å². The maximum Gasteiger partial charge on any atom is 0.0747 e. The van der Waals surface area contributed by atoms with E-state index >= 15 is 0 Å². The van der Waals surface area contributed by atoms with Gasteiger partial charge in [-0.05, 0) is 43.5 Å². The Labute approximate surface area is 79.5 Å². The SMILES string of the molecule is CC=NC1CCCc2ccccc21. The van der Waals surface area contributed by atoms with Crippen molar-refractivity contribution in [2.45, 2.75) is 32.2 Å². The molecule has 0 fully saturated rings. The fourth-order valence-corrected chi connectivity index (χ4v) is 2.06. The number of hydrogen-bond donors (Lipinski definition) is 0. The predicted octanol–water partition coefficient (Wildman–Crippen LogP) is 3.15. The number of aliphatic imine (C=N–C) groups is 1. The zero-order valence-corrected chi connectivity index (χ0v) is 8.03. The summed E-state index contributed by atoms with van der Waals surface area (Å²) in [4.78, 5) is 4.50. The first-order valence-electron chi connectivity index (χ1n) is 4.97. The van der Waals surface area contributed by atoms with Crippen LogP contribution in [0.4, 0.5) is 0 Å². The minimum atomic E-state index is 0.426. The molecule has 1 heteroatoms. The molecule has 1 aromatic rings. The Morgan fingerprint density at radius 3 is 3.08 bits per heavy atom. The average molecular weight is 173 g/mol. The summed E-state index contributed by atoms with van der Waals surface area (Å²) in [7, 11) is 0. The average Bonchev–Trinajstić information content (AvgIpc) is 2.19. The second-order valence-electron chi connectivity index (χ2n) is 3.51. The van der Waals surface area contributed by atoms with Crippen molar-refractivity contribution in [2.75, 3.05) is 0 Å². The van der Waals surface area contributed by atoms with E-state index in [9.17, 15) is 0 Å². The van der Waals surface area contributed by atoms with Gasteiger partial charge in [-0.2, -0.15) is 0 Å². The van der Waals surface area contributed by atoms with E-state index in [4.69, 9.17) is 0 Å². The van der Waals surface area contributed by atoms with Crippen LogP contribution < -0.4 is 0 Å². The van der Waals surface area contributed by atoms with Crippen molar-refractivity contribution in [3.05, 3.63) is 35.4 Å². The summed E-state index contributed by atoms with van der Waals surface area (Å²) < 4.78 is 0. The third-order valence-corrected chi connectivity index (χ3v) is 2.67. The Balaban J connectivity index is 2.36. The number of hydrogen-bond acceptors (Lipinski definition) is 1. The third kappa shape index (κ3) is 1.64. The normalized spacial score (nSPS) is 21.8. The summed E-state index contributed by atoms with van der Waals surface area (Å²) in [6.07, 6.45) is 5.64. The van der Waals surface area contributed by atoms with Crippen LogP contribution in [0, 0.1) is 0 Å². The van der Waals surface area contributed by atoms with E-state index in [-0.39, 0.29) is 0 Å². The highest BCUT2D eigenvalue weighted by Crippen LogP contribution is 2.31. The molecule has 2 rings (SSSR count). The minimum absolute atomic E-state index is 0.426. The summed E-state index contributed by atoms with van der Waals surface area (Å²) in [6.45, 7) is 2.00. The van der Waals surface area contributed by atoms with Gasteiger partial charge in [-0.1, -0.05) is 24.3 Å². The van der Waals surface area contributed by atoms with Crippen LogP contribution in [-0.4, -0.2) is 6.21 Å². The highest BCUT2D eigenvalue weighted by Gasteiger charge is 2.17. The van der Waals surface area contributed by atoms with Crippen LogP contribution >= 0.6 is 0 Å². The molecule has 68 valence electrons. The molecule has 0 spiro atoms. The Kier molecular flexibility index (Phi) is 2.44. The third-order valence-electron chi connectivity index (χ3n) is 2.67. The lowest BCUT2D eigenvalue weighted by atomic mass is 9.88. The Bertz CT molecular complexity index is 315. The quantitative estimate of drug-likeness (QED) is 0.578. The zero-order chi connectivity index (χ0) is 9.10. The first-order chi connectivity index (χ1) is 6.42. The fraction of sp³-hybridized carbons (Fsp3) is 0.417. The Morgan fingerprint density at radius 1 is 1.38 bits per heavy atom. The molecule has 0 aliphatic heterocycles. The van der Waals surface area contributed by atoms with Gasteiger partial charge in [0.05, 0.1) is 6.04 Å². The van der Waals surface area contributed by atoms with Crippen LogP contribution in [0.15, 0.2) is 29.3 Å². The summed E-state index contributed by atoms with van der Waals surface area (Å²) in [5, 5.41) is 0. The summed E-state index contributed by atoms with van der Waals surface area (Å²) in [5.41, 5.74) is 2.93. The van der Waals surface area contributed by atoms with Gasteiger partial charge in [0.15, 0.2) is 0 Å². The van der Waals surface area contributed by atoms with E-state index in [2.05, 4.69) is 29.3 Å². The molecule has 0 aromatic heterocycles. The number of nitrogens with zero attached hydrogens (tertiary/aromatic N) is 1. The molecule has 0 saturated carbocycles. The lowest BCUT2D eigenvalue weighted by Gasteiger charge is -2.21. The van der Waals surface area contributed by atoms with E-state index < -0.39 is 0 Å². The van der Waals surface area contributed by atoms with Crippen LogP contribution in [0.25, 0.3) is 0 Å². The Morgan fingerprint density at radius 2 is 2.23 bits per heavy atom. The van der Waals surface area contributed by atoms with Gasteiger partial charge in [-0.3, -0.25) is 4.99 Å². The predicted molar refractivity (Wildman–Crippen MR) is 56.3 cm³/mol. The lowest BCUT2D eigenvalue weighted by molar-refractivity contribution is 0.574. The van der Waals surface area contributed by atoms with Crippen molar-refractivity contribution in [1.29, 1.82) is 0 Å². The molecule has 0 heterocycles. The molecule has 0 saturated heterocycles. The molecule has 1 aliphatic carbocycles. The molecular formula is C12H15N. The van der Waals surface area contributed by atoms with Crippen molar-refractivity contribution in [3.8, 4) is 0 Å². The smallest absolute Gasteiger partial charge is 0.0747 e. The highest BCUT2D eigenvalue weighted by atomic mass is 14.8. The van der Waals surface area contributed by atoms with Gasteiger partial charge in [0, 0.05) is 0 Å². The van der Waals surface area contributed by atoms with Crippen molar-refractivity contribution in [2.24, 2.45) is 4.99 Å². The summed E-state index contributed by atoms with van der Waals surface area (Å²) in [6, 6.07) is 9.10. The van der Waals surface area contributed by atoms with E-state index in [0.29, 0.717) is 6.04 Å². The van der Waals surface area contributed by atoms with Crippen LogP contribution in [-0.2, 0) is 6.42 Å². The van der Waals surface area contributed by atoms with E-state index in [1.165, 1.54) is 30.4 Å². The molecule has 1 nitrogen and oxygen atoms in total. The van der Waals surface area contributed by atoms with Crippen LogP contribution in [0.2, 0.25) is 0 Å². The minimum Gasteiger partial charge on any atom is -0.290 e. The molecule has 0 bridgehead atoms. The van der Waals surface area contributed by atoms with E-state index in [1.54, 1.807) is 0 Å². The maximum atomic E-state index is 4.50. The summed E-state index contributed by atoms with van der Waals surface area (Å²) >= 11 is 0. The second-order valence-corrected chi connectivity index (χ2v) is 3.51. The molecule has 1 atom stereocenters. The highest BCUT2D eigenvalue weighted by molar-refractivity contribution is 5.54. The van der Waals surface area contributed by atoms with Crippen LogP contribution in [0.5, 0.6) is 0 Å². The molecule has 1 aromatic carbocycles. The lowest BCUT2D eigenvalue weighted by Crippen LogP contribution is -2.07. The molecule has 1 unspecified atom stereocenters. The number of fused-ring (bicyclic) bond motifs is 1. The fourth-order valence-electron chi connectivity index (χ4n) is 2.06. The number of rotatable bonds is 1. The topological polar surface area (TPSA) is 12.4 Å². The monoisotopic (exact) mass is 173 g/mol. The van der Waals surface area contributed by atoms with Crippen LogP contribution in [0.3, 0.4) is 0 Å². The largest absolute Gasteiger partial charge is 0.290 e. The Hall–Kier alpha value is -1.11. The van der Waals surface area contributed by atoms with Gasteiger partial charge in [0.2, 0.25) is 0 Å². The summed E-state index contributed by atoms with van der Waals surface area (Å²) in [5.74, 6) is 0. The van der Waals surface area contributed by atoms with Gasteiger partial charge >= 0.3 is 0 Å². The zero-order valence-electron chi connectivity index (χ0n) is 8.03. The van der Waals surface area contributed by atoms with Crippen molar-refractivity contribution >= 4 is 6.21 Å².